The van der Waals surface area contributed by atoms with Gasteiger partial charge in [-0.2, -0.15) is 0 Å². The van der Waals surface area contributed by atoms with E-state index in [2.05, 4.69) is 32.0 Å². The van der Waals surface area contributed by atoms with Gasteiger partial charge in [0.1, 0.15) is 0 Å². The third-order valence-corrected chi connectivity index (χ3v) is 2.95. The maximum atomic E-state index is 5.50. The average molecular weight is 204 g/mol. The fraction of sp³-hybridized carbons (Fsp3) is 0.571. The van der Waals surface area contributed by atoms with Crippen molar-refractivity contribution in [2.24, 2.45) is 5.92 Å². The fourth-order valence-corrected chi connectivity index (χ4v) is 2.22. The number of rotatable bonds is 2. The molecule has 0 amide bonds. The van der Waals surface area contributed by atoms with Gasteiger partial charge < -0.3 is 4.74 Å². The summed E-state index contributed by atoms with van der Waals surface area (Å²) in [7, 11) is 0. The Morgan fingerprint density at radius 1 is 1.13 bits per heavy atom. The summed E-state index contributed by atoms with van der Waals surface area (Å²) in [5, 5.41) is 0. The topological polar surface area (TPSA) is 9.23 Å². The van der Waals surface area contributed by atoms with Gasteiger partial charge in [-0.15, -0.1) is 0 Å². The Bertz CT molecular complexity index is 328. The van der Waals surface area contributed by atoms with Gasteiger partial charge in [-0.3, -0.25) is 0 Å². The Kier molecular flexibility index (Phi) is 3.42. The van der Waals surface area contributed by atoms with E-state index in [4.69, 9.17) is 4.74 Å². The van der Waals surface area contributed by atoms with Crippen LogP contribution in [0.2, 0.25) is 0 Å². The highest BCUT2D eigenvalue weighted by molar-refractivity contribution is 5.33. The van der Waals surface area contributed by atoms with Crippen LogP contribution in [-0.4, -0.2) is 13.2 Å². The second-order valence-electron chi connectivity index (χ2n) is 4.81. The minimum absolute atomic E-state index is 0.741. The summed E-state index contributed by atoms with van der Waals surface area (Å²) in [6.07, 6.45) is 3.35. The first kappa shape index (κ1) is 10.7. The van der Waals surface area contributed by atoms with E-state index in [0.717, 1.165) is 32.0 Å². The molecule has 0 spiro atoms. The molecule has 0 N–H and O–H groups in total. The number of benzene rings is 1. The molecule has 0 radical (unpaired) electrons. The summed E-state index contributed by atoms with van der Waals surface area (Å²) in [5.74, 6) is 0.741. The van der Waals surface area contributed by atoms with E-state index in [-0.39, 0.29) is 0 Å². The lowest BCUT2D eigenvalue weighted by Crippen LogP contribution is -1.99. The van der Waals surface area contributed by atoms with Gasteiger partial charge in [0.15, 0.2) is 0 Å². The lowest BCUT2D eigenvalue weighted by Gasteiger charge is -2.09. The molecule has 0 atom stereocenters. The Morgan fingerprint density at radius 2 is 1.87 bits per heavy atom. The molecule has 0 saturated heterocycles. The predicted molar refractivity (Wildman–Crippen MR) is 63.2 cm³/mol. The van der Waals surface area contributed by atoms with Crippen LogP contribution < -0.4 is 0 Å². The van der Waals surface area contributed by atoms with Crippen molar-refractivity contribution in [3.05, 3.63) is 34.9 Å². The van der Waals surface area contributed by atoms with E-state index in [0.29, 0.717) is 0 Å². The zero-order valence-corrected chi connectivity index (χ0v) is 9.75. The number of ether oxygens (including phenoxy) is 1. The predicted octanol–water partition coefficient (Wildman–Crippen LogP) is 3.00. The van der Waals surface area contributed by atoms with Crippen LogP contribution in [-0.2, 0) is 24.0 Å². The molecular weight excluding hydrogens is 184 g/mol. The normalized spacial score (nSPS) is 16.2. The maximum Gasteiger partial charge on any atom is 0.0506 e. The first-order chi connectivity index (χ1) is 7.25. The molecule has 1 heterocycles. The summed E-state index contributed by atoms with van der Waals surface area (Å²) in [6.45, 7) is 6.32. The smallest absolute Gasteiger partial charge is 0.0506 e. The summed E-state index contributed by atoms with van der Waals surface area (Å²) >= 11 is 0. The molecule has 1 aliphatic heterocycles. The van der Waals surface area contributed by atoms with Crippen molar-refractivity contribution < 1.29 is 4.74 Å². The Balaban J connectivity index is 2.20. The zero-order valence-electron chi connectivity index (χ0n) is 9.75. The second-order valence-corrected chi connectivity index (χ2v) is 4.81. The summed E-state index contributed by atoms with van der Waals surface area (Å²) in [4.78, 5) is 0. The van der Waals surface area contributed by atoms with Gasteiger partial charge in [0.05, 0.1) is 13.2 Å². The standard InChI is InChI=1S/C14H20O/c1-11(2)9-12-3-4-13-5-7-15-8-6-14(13)10-12/h3-4,10-11H,5-9H2,1-2H3. The molecular formula is C14H20O. The molecule has 1 aromatic rings. The highest BCUT2D eigenvalue weighted by atomic mass is 16.5. The molecule has 1 heteroatoms. The summed E-state index contributed by atoms with van der Waals surface area (Å²) in [5.41, 5.74) is 4.47. The molecule has 0 aliphatic carbocycles. The Morgan fingerprint density at radius 3 is 2.60 bits per heavy atom. The van der Waals surface area contributed by atoms with E-state index in [1.165, 1.54) is 23.1 Å². The molecule has 0 unspecified atom stereocenters. The molecule has 0 fully saturated rings. The van der Waals surface area contributed by atoms with Crippen molar-refractivity contribution in [2.75, 3.05) is 13.2 Å². The van der Waals surface area contributed by atoms with Gasteiger partial charge in [0.2, 0.25) is 0 Å². The first-order valence-corrected chi connectivity index (χ1v) is 5.94. The van der Waals surface area contributed by atoms with E-state index in [9.17, 15) is 0 Å². The van der Waals surface area contributed by atoms with Crippen LogP contribution >= 0.6 is 0 Å². The molecule has 0 bridgehead atoms. The van der Waals surface area contributed by atoms with Gasteiger partial charge >= 0.3 is 0 Å². The molecule has 2 rings (SSSR count). The van der Waals surface area contributed by atoms with Gasteiger partial charge in [-0.1, -0.05) is 32.0 Å². The van der Waals surface area contributed by atoms with Crippen molar-refractivity contribution in [1.82, 2.24) is 0 Å². The van der Waals surface area contributed by atoms with Crippen molar-refractivity contribution in [3.8, 4) is 0 Å². The van der Waals surface area contributed by atoms with Gasteiger partial charge in [-0.25, -0.2) is 0 Å². The van der Waals surface area contributed by atoms with Gasteiger partial charge in [0.25, 0.3) is 0 Å². The SMILES string of the molecule is CC(C)Cc1ccc2c(c1)CCOCC2. The third-order valence-electron chi connectivity index (χ3n) is 2.95. The molecule has 0 aromatic heterocycles. The molecule has 0 saturated carbocycles. The minimum atomic E-state index is 0.741. The highest BCUT2D eigenvalue weighted by Gasteiger charge is 2.08. The van der Waals surface area contributed by atoms with Crippen LogP contribution in [0.1, 0.15) is 30.5 Å². The van der Waals surface area contributed by atoms with Crippen LogP contribution in [0.5, 0.6) is 0 Å². The number of hydrogen-bond donors (Lipinski definition) is 0. The van der Waals surface area contributed by atoms with E-state index in [1.54, 1.807) is 0 Å². The van der Waals surface area contributed by atoms with Crippen LogP contribution in [0.3, 0.4) is 0 Å². The van der Waals surface area contributed by atoms with E-state index < -0.39 is 0 Å². The molecule has 1 aliphatic rings. The van der Waals surface area contributed by atoms with Crippen LogP contribution in [0.4, 0.5) is 0 Å². The number of hydrogen-bond acceptors (Lipinski definition) is 1. The quantitative estimate of drug-likeness (QED) is 0.719. The maximum absolute atomic E-state index is 5.50. The summed E-state index contributed by atoms with van der Waals surface area (Å²) < 4.78 is 5.50. The zero-order chi connectivity index (χ0) is 10.7. The highest BCUT2D eigenvalue weighted by Crippen LogP contribution is 2.18. The van der Waals surface area contributed by atoms with Crippen molar-refractivity contribution >= 4 is 0 Å². The molecule has 1 aromatic carbocycles. The average Bonchev–Trinajstić information content (AvgIpc) is 2.41. The van der Waals surface area contributed by atoms with Crippen molar-refractivity contribution in [1.29, 1.82) is 0 Å². The van der Waals surface area contributed by atoms with Crippen molar-refractivity contribution in [2.45, 2.75) is 33.1 Å². The Labute approximate surface area is 92.5 Å². The van der Waals surface area contributed by atoms with Gasteiger partial charge in [0, 0.05) is 0 Å². The monoisotopic (exact) mass is 204 g/mol. The molecule has 82 valence electrons. The molecule has 1 nitrogen and oxygen atoms in total. The summed E-state index contributed by atoms with van der Waals surface area (Å²) in [6, 6.07) is 6.95. The minimum Gasteiger partial charge on any atom is -0.381 e. The van der Waals surface area contributed by atoms with Crippen LogP contribution in [0.15, 0.2) is 18.2 Å². The molecule has 15 heavy (non-hydrogen) atoms. The largest absolute Gasteiger partial charge is 0.381 e. The number of fused-ring (bicyclic) bond motifs is 1. The van der Waals surface area contributed by atoms with Gasteiger partial charge in [-0.05, 0) is 41.9 Å². The van der Waals surface area contributed by atoms with Crippen molar-refractivity contribution in [3.63, 3.8) is 0 Å². The lowest BCUT2D eigenvalue weighted by molar-refractivity contribution is 0.146. The Hall–Kier alpha value is -0.820. The third kappa shape index (κ3) is 2.82. The van der Waals surface area contributed by atoms with E-state index in [1.807, 2.05) is 0 Å². The van der Waals surface area contributed by atoms with E-state index >= 15 is 0 Å². The first-order valence-electron chi connectivity index (χ1n) is 5.94. The van der Waals surface area contributed by atoms with Crippen LogP contribution in [0.25, 0.3) is 0 Å². The van der Waals surface area contributed by atoms with Crippen LogP contribution in [0, 0.1) is 5.92 Å². The second kappa shape index (κ2) is 4.80. The lowest BCUT2D eigenvalue weighted by atomic mass is 9.96. The fourth-order valence-electron chi connectivity index (χ4n) is 2.22.